The molecule has 0 saturated carbocycles. The fraction of sp³-hybridized carbons (Fsp3) is 0.0833. The second kappa shape index (κ2) is 7.64. The molecule has 0 aliphatic heterocycles. The molecule has 0 atom stereocenters. The Morgan fingerprint density at radius 3 is 2.31 bits per heavy atom. The van der Waals surface area contributed by atoms with E-state index in [0.29, 0.717) is 5.56 Å². The van der Waals surface area contributed by atoms with E-state index in [9.17, 15) is 9.59 Å². The number of carbonyl (C=O) groups is 2. The van der Waals surface area contributed by atoms with Gasteiger partial charge in [-0.2, -0.15) is 0 Å². The Bertz CT molecular complexity index is 1250. The molecule has 4 rings (SSSR count). The minimum atomic E-state index is -0.354. The van der Waals surface area contributed by atoms with Gasteiger partial charge in [0.05, 0.1) is 0 Å². The van der Waals surface area contributed by atoms with Crippen LogP contribution in [0.4, 0.5) is 0 Å². The Morgan fingerprint density at radius 1 is 0.862 bits per heavy atom. The van der Waals surface area contributed by atoms with Gasteiger partial charge in [0.1, 0.15) is 5.70 Å². The first-order valence-corrected chi connectivity index (χ1v) is 9.36. The van der Waals surface area contributed by atoms with E-state index < -0.39 is 0 Å². The Hall–Kier alpha value is -3.86. The standard InChI is InChI=1S/C24H21N3O2/c1-25-24(29)20(26-23(28)17-8-4-3-5-9-17)15-16-12-13-22-19(14-16)18-10-6-7-11-21(18)27(22)2/h3-15H,1-2H3,(H,25,29)(H,26,28)/b20-15-. The molecule has 2 amide bonds. The minimum absolute atomic E-state index is 0.195. The third kappa shape index (κ3) is 3.50. The van der Waals surface area contributed by atoms with Gasteiger partial charge in [0.25, 0.3) is 11.8 Å². The van der Waals surface area contributed by atoms with Crippen LogP contribution in [0.25, 0.3) is 27.9 Å². The number of fused-ring (bicyclic) bond motifs is 3. The molecule has 5 nitrogen and oxygen atoms in total. The molecule has 29 heavy (non-hydrogen) atoms. The number of likely N-dealkylation sites (N-methyl/N-ethyl adjacent to an activating group) is 1. The highest BCUT2D eigenvalue weighted by Gasteiger charge is 2.14. The van der Waals surface area contributed by atoms with Crippen molar-refractivity contribution in [2.45, 2.75) is 0 Å². The maximum Gasteiger partial charge on any atom is 0.267 e. The number of rotatable bonds is 4. The van der Waals surface area contributed by atoms with Crippen molar-refractivity contribution in [1.82, 2.24) is 15.2 Å². The average Bonchev–Trinajstić information content (AvgIpc) is 3.05. The summed E-state index contributed by atoms with van der Waals surface area (Å²) >= 11 is 0. The zero-order valence-corrected chi connectivity index (χ0v) is 16.3. The van der Waals surface area contributed by atoms with Crippen LogP contribution in [0.5, 0.6) is 0 Å². The smallest absolute Gasteiger partial charge is 0.267 e. The van der Waals surface area contributed by atoms with Crippen LogP contribution in [0.1, 0.15) is 15.9 Å². The largest absolute Gasteiger partial charge is 0.354 e. The van der Waals surface area contributed by atoms with Crippen molar-refractivity contribution in [2.24, 2.45) is 7.05 Å². The maximum absolute atomic E-state index is 12.5. The summed E-state index contributed by atoms with van der Waals surface area (Å²) in [5.41, 5.74) is 3.78. The number of nitrogens with one attached hydrogen (secondary N) is 2. The topological polar surface area (TPSA) is 63.1 Å². The van der Waals surface area contributed by atoms with Gasteiger partial charge in [-0.05, 0) is 42.0 Å². The fourth-order valence-corrected chi connectivity index (χ4v) is 3.52. The van der Waals surface area contributed by atoms with Gasteiger partial charge in [0.15, 0.2) is 0 Å². The third-order valence-electron chi connectivity index (χ3n) is 5.00. The van der Waals surface area contributed by atoms with Crippen molar-refractivity contribution in [3.63, 3.8) is 0 Å². The SMILES string of the molecule is CNC(=O)/C(=C/c1ccc2c(c1)c1ccccc1n2C)NC(=O)c1ccccc1. The van der Waals surface area contributed by atoms with Gasteiger partial charge in [0, 0.05) is 41.5 Å². The molecule has 5 heteroatoms. The van der Waals surface area contributed by atoms with Crippen LogP contribution in [0.2, 0.25) is 0 Å². The van der Waals surface area contributed by atoms with E-state index in [-0.39, 0.29) is 17.5 Å². The van der Waals surface area contributed by atoms with Gasteiger partial charge < -0.3 is 15.2 Å². The Labute approximate surface area is 168 Å². The van der Waals surface area contributed by atoms with E-state index >= 15 is 0 Å². The van der Waals surface area contributed by atoms with Crippen LogP contribution in [-0.4, -0.2) is 23.4 Å². The molecule has 0 radical (unpaired) electrons. The summed E-state index contributed by atoms with van der Waals surface area (Å²) in [6.45, 7) is 0. The van der Waals surface area contributed by atoms with Crippen LogP contribution in [-0.2, 0) is 11.8 Å². The summed E-state index contributed by atoms with van der Waals surface area (Å²) in [4.78, 5) is 24.9. The Kier molecular flexibility index (Phi) is 4.87. The molecule has 1 aromatic heterocycles. The normalized spacial score (nSPS) is 11.6. The van der Waals surface area contributed by atoms with Gasteiger partial charge in [-0.15, -0.1) is 0 Å². The van der Waals surface area contributed by atoms with Crippen LogP contribution in [0, 0.1) is 0 Å². The highest BCUT2D eigenvalue weighted by Crippen LogP contribution is 2.29. The van der Waals surface area contributed by atoms with Crippen LogP contribution < -0.4 is 10.6 Å². The molecule has 0 aliphatic rings. The molecule has 0 fully saturated rings. The molecule has 0 unspecified atom stereocenters. The summed E-state index contributed by atoms with van der Waals surface area (Å²) in [6, 6.07) is 23.0. The van der Waals surface area contributed by atoms with Gasteiger partial charge >= 0.3 is 0 Å². The lowest BCUT2D eigenvalue weighted by molar-refractivity contribution is -0.117. The minimum Gasteiger partial charge on any atom is -0.354 e. The number of aromatic nitrogens is 1. The number of nitrogens with zero attached hydrogens (tertiary/aromatic N) is 1. The first-order valence-electron chi connectivity index (χ1n) is 9.36. The summed E-state index contributed by atoms with van der Waals surface area (Å²) < 4.78 is 2.15. The molecular weight excluding hydrogens is 362 g/mol. The lowest BCUT2D eigenvalue weighted by Crippen LogP contribution is -2.33. The number of carbonyl (C=O) groups excluding carboxylic acids is 2. The van der Waals surface area contributed by atoms with Crippen molar-refractivity contribution >= 4 is 39.7 Å². The summed E-state index contributed by atoms with van der Waals surface area (Å²) in [5.74, 6) is -0.681. The summed E-state index contributed by atoms with van der Waals surface area (Å²) in [7, 11) is 3.58. The highest BCUT2D eigenvalue weighted by molar-refractivity contribution is 6.09. The van der Waals surface area contributed by atoms with E-state index in [0.717, 1.165) is 27.4 Å². The van der Waals surface area contributed by atoms with Crippen molar-refractivity contribution in [2.75, 3.05) is 7.05 Å². The quantitative estimate of drug-likeness (QED) is 0.526. The highest BCUT2D eigenvalue weighted by atomic mass is 16.2. The lowest BCUT2D eigenvalue weighted by atomic mass is 10.1. The van der Waals surface area contributed by atoms with E-state index in [2.05, 4.69) is 27.3 Å². The molecule has 144 valence electrons. The number of hydrogen-bond acceptors (Lipinski definition) is 2. The molecule has 0 bridgehead atoms. The van der Waals surface area contributed by atoms with Crippen molar-refractivity contribution < 1.29 is 9.59 Å². The van der Waals surface area contributed by atoms with Gasteiger partial charge in [-0.3, -0.25) is 9.59 Å². The zero-order chi connectivity index (χ0) is 20.4. The van der Waals surface area contributed by atoms with Crippen molar-refractivity contribution in [3.8, 4) is 0 Å². The molecule has 1 heterocycles. The van der Waals surface area contributed by atoms with Crippen LogP contribution in [0.3, 0.4) is 0 Å². The van der Waals surface area contributed by atoms with Gasteiger partial charge in [0.2, 0.25) is 0 Å². The van der Waals surface area contributed by atoms with E-state index in [1.54, 1.807) is 37.4 Å². The Morgan fingerprint density at radius 2 is 1.55 bits per heavy atom. The second-order valence-corrected chi connectivity index (χ2v) is 6.81. The molecule has 0 aliphatic carbocycles. The number of hydrogen-bond donors (Lipinski definition) is 2. The predicted molar refractivity (Wildman–Crippen MR) is 116 cm³/mol. The number of aryl methyl sites for hydroxylation is 1. The molecule has 2 N–H and O–H groups in total. The average molecular weight is 383 g/mol. The molecule has 3 aromatic carbocycles. The molecular formula is C24H21N3O2. The third-order valence-corrected chi connectivity index (χ3v) is 5.00. The lowest BCUT2D eigenvalue weighted by Gasteiger charge is -2.09. The van der Waals surface area contributed by atoms with E-state index in [1.165, 1.54) is 0 Å². The monoisotopic (exact) mass is 383 g/mol. The van der Waals surface area contributed by atoms with E-state index in [1.807, 2.05) is 43.4 Å². The molecule has 4 aromatic rings. The number of benzene rings is 3. The van der Waals surface area contributed by atoms with Gasteiger partial charge in [-0.25, -0.2) is 0 Å². The number of amides is 2. The van der Waals surface area contributed by atoms with Crippen LogP contribution in [0.15, 0.2) is 78.5 Å². The van der Waals surface area contributed by atoms with E-state index in [4.69, 9.17) is 0 Å². The first kappa shape index (κ1) is 18.5. The first-order chi connectivity index (χ1) is 14.1. The Balaban J connectivity index is 1.76. The maximum atomic E-state index is 12.5. The molecule has 0 saturated heterocycles. The fourth-order valence-electron chi connectivity index (χ4n) is 3.52. The van der Waals surface area contributed by atoms with Crippen molar-refractivity contribution in [3.05, 3.63) is 89.6 Å². The molecule has 0 spiro atoms. The van der Waals surface area contributed by atoms with Crippen molar-refractivity contribution in [1.29, 1.82) is 0 Å². The summed E-state index contributed by atoms with van der Waals surface area (Å²) in [5, 5.41) is 7.56. The van der Waals surface area contributed by atoms with Crippen LogP contribution >= 0.6 is 0 Å². The number of para-hydroxylation sites is 1. The second-order valence-electron chi connectivity index (χ2n) is 6.81. The predicted octanol–water partition coefficient (Wildman–Crippen LogP) is 3.85. The van der Waals surface area contributed by atoms with Gasteiger partial charge in [-0.1, -0.05) is 42.5 Å². The summed E-state index contributed by atoms with van der Waals surface area (Å²) in [6.07, 6.45) is 1.70. The zero-order valence-electron chi connectivity index (χ0n) is 16.3.